The molecule has 16 heavy (non-hydrogen) atoms. The summed E-state index contributed by atoms with van der Waals surface area (Å²) in [5.74, 6) is -0.388. The van der Waals surface area contributed by atoms with Crippen molar-refractivity contribution in [2.24, 2.45) is 0 Å². The van der Waals surface area contributed by atoms with Gasteiger partial charge in [0.2, 0.25) is 0 Å². The Morgan fingerprint density at radius 1 is 1.38 bits per heavy atom. The molecule has 0 saturated carbocycles. The van der Waals surface area contributed by atoms with Gasteiger partial charge in [0.15, 0.2) is 0 Å². The van der Waals surface area contributed by atoms with Crippen molar-refractivity contribution in [1.82, 2.24) is 0 Å². The second-order valence-corrected chi connectivity index (χ2v) is 4.23. The van der Waals surface area contributed by atoms with Gasteiger partial charge < -0.3 is 9.84 Å². The third kappa shape index (κ3) is 1.66. The van der Waals surface area contributed by atoms with Gasteiger partial charge in [-0.2, -0.15) is 0 Å². The Labute approximate surface area is 95.0 Å². The summed E-state index contributed by atoms with van der Waals surface area (Å²) in [5, 5.41) is 9.14. The Hall–Kier alpha value is -1.51. The van der Waals surface area contributed by atoms with Crippen LogP contribution in [0, 0.1) is 6.92 Å². The number of aromatic carboxylic acids is 1. The van der Waals surface area contributed by atoms with E-state index in [0.29, 0.717) is 11.3 Å². The Morgan fingerprint density at radius 3 is 2.69 bits per heavy atom. The summed E-state index contributed by atoms with van der Waals surface area (Å²) in [7, 11) is 1.53. The predicted molar refractivity (Wildman–Crippen MR) is 61.3 cm³/mol. The van der Waals surface area contributed by atoms with E-state index in [0.717, 1.165) is 24.8 Å². The number of carbonyl (C=O) groups is 1. The maximum Gasteiger partial charge on any atom is 0.339 e. The zero-order chi connectivity index (χ0) is 11.7. The van der Waals surface area contributed by atoms with Crippen molar-refractivity contribution < 1.29 is 14.6 Å². The third-order valence-corrected chi connectivity index (χ3v) is 3.30. The van der Waals surface area contributed by atoms with Gasteiger partial charge in [0.25, 0.3) is 0 Å². The minimum atomic E-state index is -0.909. The van der Waals surface area contributed by atoms with E-state index in [1.54, 1.807) is 6.07 Å². The van der Waals surface area contributed by atoms with Crippen molar-refractivity contribution in [3.63, 3.8) is 0 Å². The maximum atomic E-state index is 11.1. The molecule has 0 fully saturated rings. The molecule has 3 nitrogen and oxygen atoms in total. The molecule has 0 spiro atoms. The SMILES string of the molecule is COc1c(C(=O)O)cc2c(c1C)CCCC2. The lowest BCUT2D eigenvalue weighted by atomic mass is 9.86. The quantitative estimate of drug-likeness (QED) is 0.833. The number of carboxylic acid groups (broad SMARTS) is 1. The molecule has 0 radical (unpaired) electrons. The van der Waals surface area contributed by atoms with Crippen LogP contribution in [0.5, 0.6) is 5.75 Å². The number of ether oxygens (including phenoxy) is 1. The zero-order valence-electron chi connectivity index (χ0n) is 9.67. The normalized spacial score (nSPS) is 14.4. The fraction of sp³-hybridized carbons (Fsp3) is 0.462. The molecule has 0 atom stereocenters. The molecular formula is C13H16O3. The molecule has 1 N–H and O–H groups in total. The summed E-state index contributed by atoms with van der Waals surface area (Å²) < 4.78 is 5.22. The molecular weight excluding hydrogens is 204 g/mol. The van der Waals surface area contributed by atoms with Crippen LogP contribution >= 0.6 is 0 Å². The first kappa shape index (κ1) is 11.0. The van der Waals surface area contributed by atoms with Gasteiger partial charge in [0.05, 0.1) is 7.11 Å². The summed E-state index contributed by atoms with van der Waals surface area (Å²) in [6.45, 7) is 1.95. The van der Waals surface area contributed by atoms with Gasteiger partial charge in [0.1, 0.15) is 11.3 Å². The van der Waals surface area contributed by atoms with Crippen molar-refractivity contribution in [2.75, 3.05) is 7.11 Å². The van der Waals surface area contributed by atoms with Crippen molar-refractivity contribution >= 4 is 5.97 Å². The van der Waals surface area contributed by atoms with E-state index in [9.17, 15) is 4.79 Å². The molecule has 0 heterocycles. The third-order valence-electron chi connectivity index (χ3n) is 3.30. The number of fused-ring (bicyclic) bond motifs is 1. The summed E-state index contributed by atoms with van der Waals surface area (Å²) >= 11 is 0. The first-order chi connectivity index (χ1) is 7.65. The van der Waals surface area contributed by atoms with Crippen LogP contribution in [0.2, 0.25) is 0 Å². The fourth-order valence-electron chi connectivity index (χ4n) is 2.52. The Bertz CT molecular complexity index is 435. The maximum absolute atomic E-state index is 11.1. The topological polar surface area (TPSA) is 46.5 Å². The summed E-state index contributed by atoms with van der Waals surface area (Å²) in [6, 6.07) is 1.78. The number of carboxylic acids is 1. The average molecular weight is 220 g/mol. The Morgan fingerprint density at radius 2 is 2.06 bits per heavy atom. The lowest BCUT2D eigenvalue weighted by Crippen LogP contribution is -2.11. The molecule has 0 unspecified atom stereocenters. The minimum Gasteiger partial charge on any atom is -0.496 e. The van der Waals surface area contributed by atoms with Gasteiger partial charge in [-0.05, 0) is 55.4 Å². The largest absolute Gasteiger partial charge is 0.496 e. The molecule has 1 aromatic carbocycles. The number of aryl methyl sites for hydroxylation is 1. The number of benzene rings is 1. The Kier molecular flexibility index (Phi) is 2.86. The molecule has 0 bridgehead atoms. The van der Waals surface area contributed by atoms with E-state index in [4.69, 9.17) is 9.84 Å². The van der Waals surface area contributed by atoms with Crippen LogP contribution in [0.1, 0.15) is 39.9 Å². The number of rotatable bonds is 2. The molecule has 3 heteroatoms. The standard InChI is InChI=1S/C13H16O3/c1-8-10-6-4-3-5-9(10)7-11(13(14)15)12(8)16-2/h7H,3-6H2,1-2H3,(H,14,15). The average Bonchev–Trinajstić information content (AvgIpc) is 2.29. The van der Waals surface area contributed by atoms with Gasteiger partial charge >= 0.3 is 5.97 Å². The molecule has 86 valence electrons. The van der Waals surface area contributed by atoms with Crippen molar-refractivity contribution in [3.05, 3.63) is 28.3 Å². The highest BCUT2D eigenvalue weighted by Gasteiger charge is 2.21. The van der Waals surface area contributed by atoms with E-state index >= 15 is 0 Å². The first-order valence-corrected chi connectivity index (χ1v) is 5.57. The van der Waals surface area contributed by atoms with Crippen LogP contribution in [0.15, 0.2) is 6.07 Å². The van der Waals surface area contributed by atoms with E-state index in [2.05, 4.69) is 0 Å². The van der Waals surface area contributed by atoms with E-state index in [1.165, 1.54) is 24.7 Å². The van der Waals surface area contributed by atoms with Crippen molar-refractivity contribution in [3.8, 4) is 5.75 Å². The van der Waals surface area contributed by atoms with Crippen LogP contribution in [-0.2, 0) is 12.8 Å². The second-order valence-electron chi connectivity index (χ2n) is 4.23. The van der Waals surface area contributed by atoms with Crippen LogP contribution in [0.25, 0.3) is 0 Å². The van der Waals surface area contributed by atoms with Gasteiger partial charge in [-0.25, -0.2) is 4.79 Å². The number of methoxy groups -OCH3 is 1. The predicted octanol–water partition coefficient (Wildman–Crippen LogP) is 2.58. The Balaban J connectivity index is 2.64. The van der Waals surface area contributed by atoms with Gasteiger partial charge in [-0.3, -0.25) is 0 Å². The van der Waals surface area contributed by atoms with Crippen LogP contribution in [-0.4, -0.2) is 18.2 Å². The number of hydrogen-bond acceptors (Lipinski definition) is 2. The molecule has 1 aromatic rings. The summed E-state index contributed by atoms with van der Waals surface area (Å²) in [4.78, 5) is 11.1. The van der Waals surface area contributed by atoms with Crippen molar-refractivity contribution in [2.45, 2.75) is 32.6 Å². The van der Waals surface area contributed by atoms with Gasteiger partial charge in [0, 0.05) is 0 Å². The summed E-state index contributed by atoms with van der Waals surface area (Å²) in [5.41, 5.74) is 3.76. The molecule has 0 saturated heterocycles. The van der Waals surface area contributed by atoms with E-state index in [1.807, 2.05) is 6.92 Å². The highest BCUT2D eigenvalue weighted by Crippen LogP contribution is 2.33. The molecule has 0 amide bonds. The monoisotopic (exact) mass is 220 g/mol. The molecule has 1 aliphatic rings. The lowest BCUT2D eigenvalue weighted by Gasteiger charge is -2.21. The number of hydrogen-bond donors (Lipinski definition) is 1. The van der Waals surface area contributed by atoms with Gasteiger partial charge in [-0.1, -0.05) is 0 Å². The summed E-state index contributed by atoms with van der Waals surface area (Å²) in [6.07, 6.45) is 4.36. The molecule has 1 aliphatic carbocycles. The smallest absolute Gasteiger partial charge is 0.339 e. The van der Waals surface area contributed by atoms with Crippen LogP contribution < -0.4 is 4.74 Å². The van der Waals surface area contributed by atoms with Gasteiger partial charge in [-0.15, -0.1) is 0 Å². The minimum absolute atomic E-state index is 0.292. The molecule has 0 aromatic heterocycles. The fourth-order valence-corrected chi connectivity index (χ4v) is 2.52. The van der Waals surface area contributed by atoms with Crippen LogP contribution in [0.4, 0.5) is 0 Å². The highest BCUT2D eigenvalue weighted by molar-refractivity contribution is 5.92. The second kappa shape index (κ2) is 4.16. The molecule has 2 rings (SSSR count). The van der Waals surface area contributed by atoms with E-state index < -0.39 is 5.97 Å². The van der Waals surface area contributed by atoms with Crippen molar-refractivity contribution in [1.29, 1.82) is 0 Å². The zero-order valence-corrected chi connectivity index (χ0v) is 9.67. The van der Waals surface area contributed by atoms with E-state index in [-0.39, 0.29) is 0 Å². The first-order valence-electron chi connectivity index (χ1n) is 5.57. The molecule has 0 aliphatic heterocycles. The lowest BCUT2D eigenvalue weighted by molar-refractivity contribution is 0.0693. The highest BCUT2D eigenvalue weighted by atomic mass is 16.5. The van der Waals surface area contributed by atoms with Crippen LogP contribution in [0.3, 0.4) is 0 Å².